The van der Waals surface area contributed by atoms with E-state index in [9.17, 15) is 13.2 Å². The van der Waals surface area contributed by atoms with Crippen LogP contribution in [0.15, 0.2) is 28.7 Å². The summed E-state index contributed by atoms with van der Waals surface area (Å²) in [6, 6.07) is 7.21. The first-order valence-corrected chi connectivity index (χ1v) is 10.8. The predicted octanol–water partition coefficient (Wildman–Crippen LogP) is 2.38. The molecule has 0 bridgehead atoms. The lowest BCUT2D eigenvalue weighted by molar-refractivity contribution is 0.0916. The van der Waals surface area contributed by atoms with E-state index >= 15 is 0 Å². The number of rotatable bonds is 6. The fraction of sp³-hybridized carbons (Fsp3) is 0.526. The molecule has 2 heterocycles. The third-order valence-corrected chi connectivity index (χ3v) is 7.78. The first-order valence-electron chi connectivity index (χ1n) is 9.32. The van der Waals surface area contributed by atoms with Gasteiger partial charge in [-0.1, -0.05) is 12.1 Å². The normalized spacial score (nSPS) is 19.3. The largest absolute Gasteiger partial charge is 0.493 e. The summed E-state index contributed by atoms with van der Waals surface area (Å²) in [6.07, 6.45) is 3.11. The Morgan fingerprint density at radius 3 is 2.67 bits per heavy atom. The number of furan rings is 1. The van der Waals surface area contributed by atoms with Gasteiger partial charge in [0.15, 0.2) is 17.1 Å². The Morgan fingerprint density at radius 2 is 2.00 bits per heavy atom. The molecule has 2 aliphatic rings. The number of sulfonamides is 1. The van der Waals surface area contributed by atoms with Crippen molar-refractivity contribution in [2.45, 2.75) is 30.9 Å². The maximum atomic E-state index is 12.4. The van der Waals surface area contributed by atoms with Crippen LogP contribution in [0.5, 0.6) is 5.75 Å². The molecule has 2 aromatic rings. The van der Waals surface area contributed by atoms with Crippen molar-refractivity contribution in [3.8, 4) is 5.75 Å². The molecule has 27 heavy (non-hydrogen) atoms. The zero-order chi connectivity index (χ0) is 19.0. The van der Waals surface area contributed by atoms with E-state index in [4.69, 9.17) is 9.15 Å². The van der Waals surface area contributed by atoms with Crippen molar-refractivity contribution >= 4 is 26.9 Å². The number of hydrogen-bond acceptors (Lipinski definition) is 5. The van der Waals surface area contributed by atoms with E-state index in [2.05, 4.69) is 5.32 Å². The van der Waals surface area contributed by atoms with Crippen molar-refractivity contribution in [1.82, 2.24) is 9.62 Å². The molecule has 1 saturated carbocycles. The molecule has 0 unspecified atom stereocenters. The number of carbonyl (C=O) groups is 1. The molecule has 1 saturated heterocycles. The highest BCUT2D eigenvalue weighted by molar-refractivity contribution is 7.90. The molecule has 4 rings (SSSR count). The number of carbonyl (C=O) groups excluding carboxylic acids is 1. The number of hydrogen-bond donors (Lipinski definition) is 1. The van der Waals surface area contributed by atoms with Gasteiger partial charge >= 0.3 is 0 Å². The quantitative estimate of drug-likeness (QED) is 0.815. The van der Waals surface area contributed by atoms with Crippen molar-refractivity contribution in [3.05, 3.63) is 30.0 Å². The van der Waals surface area contributed by atoms with E-state index in [1.54, 1.807) is 23.5 Å². The Bertz CT molecular complexity index is 940. The van der Waals surface area contributed by atoms with Crippen molar-refractivity contribution < 1.29 is 22.4 Å². The Morgan fingerprint density at radius 1 is 1.26 bits per heavy atom. The summed E-state index contributed by atoms with van der Waals surface area (Å²) < 4.78 is 37.1. The number of nitrogens with zero attached hydrogens (tertiary/aromatic N) is 1. The minimum Gasteiger partial charge on any atom is -0.493 e. The summed E-state index contributed by atoms with van der Waals surface area (Å²) in [4.78, 5) is 12.4. The summed E-state index contributed by atoms with van der Waals surface area (Å²) in [5, 5.41) is 3.58. The number of amides is 1. The van der Waals surface area contributed by atoms with Crippen LogP contribution in [-0.4, -0.2) is 50.6 Å². The van der Waals surface area contributed by atoms with Gasteiger partial charge in [0.25, 0.3) is 5.91 Å². The summed E-state index contributed by atoms with van der Waals surface area (Å²) in [5.74, 6) is 0.860. The van der Waals surface area contributed by atoms with Gasteiger partial charge in [-0.2, -0.15) is 0 Å². The molecule has 2 fully saturated rings. The number of methoxy groups -OCH3 is 1. The SMILES string of the molecule is COc1cccc2cc(C(=O)NCC3CCN(S(=O)(=O)C4CC4)CC3)oc12. The van der Waals surface area contributed by atoms with Crippen molar-refractivity contribution in [2.75, 3.05) is 26.7 Å². The number of ether oxygens (including phenoxy) is 1. The molecule has 1 aromatic carbocycles. The highest BCUT2D eigenvalue weighted by atomic mass is 32.2. The van der Waals surface area contributed by atoms with E-state index in [1.165, 1.54) is 0 Å². The maximum Gasteiger partial charge on any atom is 0.287 e. The average Bonchev–Trinajstić information content (AvgIpc) is 3.45. The molecule has 146 valence electrons. The molecule has 1 N–H and O–H groups in total. The molecule has 0 atom stereocenters. The zero-order valence-corrected chi connectivity index (χ0v) is 16.1. The van der Waals surface area contributed by atoms with Crippen molar-refractivity contribution in [3.63, 3.8) is 0 Å². The van der Waals surface area contributed by atoms with Crippen LogP contribution < -0.4 is 10.1 Å². The van der Waals surface area contributed by atoms with Crippen LogP contribution in [-0.2, 0) is 10.0 Å². The number of fused-ring (bicyclic) bond motifs is 1. The summed E-state index contributed by atoms with van der Waals surface area (Å²) >= 11 is 0. The van der Waals surface area contributed by atoms with Crippen LogP contribution in [0.2, 0.25) is 0 Å². The second kappa shape index (κ2) is 7.16. The van der Waals surface area contributed by atoms with E-state index in [0.29, 0.717) is 31.0 Å². The summed E-state index contributed by atoms with van der Waals surface area (Å²) in [6.45, 7) is 1.60. The fourth-order valence-corrected chi connectivity index (χ4v) is 5.45. The Kier molecular flexibility index (Phi) is 4.86. The summed E-state index contributed by atoms with van der Waals surface area (Å²) in [5.41, 5.74) is 0.559. The molecule has 1 amide bonds. The molecule has 0 spiro atoms. The van der Waals surface area contributed by atoms with Gasteiger partial charge in [0.1, 0.15) is 0 Å². The molecule has 1 aliphatic carbocycles. The lowest BCUT2D eigenvalue weighted by Crippen LogP contribution is -2.42. The van der Waals surface area contributed by atoms with Crippen LogP contribution in [0.3, 0.4) is 0 Å². The first-order chi connectivity index (χ1) is 13.0. The van der Waals surface area contributed by atoms with Gasteiger partial charge in [0.2, 0.25) is 10.0 Å². The van der Waals surface area contributed by atoms with Crippen molar-refractivity contribution in [1.29, 1.82) is 0 Å². The molecular weight excluding hydrogens is 368 g/mol. The number of para-hydroxylation sites is 1. The number of piperidine rings is 1. The van der Waals surface area contributed by atoms with Gasteiger partial charge in [-0.25, -0.2) is 12.7 Å². The highest BCUT2D eigenvalue weighted by Crippen LogP contribution is 2.33. The second-order valence-electron chi connectivity index (χ2n) is 7.29. The Balaban J connectivity index is 1.32. The molecule has 8 heteroatoms. The molecule has 0 radical (unpaired) electrons. The monoisotopic (exact) mass is 392 g/mol. The first kappa shape index (κ1) is 18.3. The third kappa shape index (κ3) is 3.68. The van der Waals surface area contributed by atoms with Gasteiger partial charge in [0, 0.05) is 25.0 Å². The second-order valence-corrected chi connectivity index (χ2v) is 9.50. The van der Waals surface area contributed by atoms with Gasteiger partial charge in [-0.05, 0) is 43.7 Å². The number of benzene rings is 1. The van der Waals surface area contributed by atoms with E-state index in [-0.39, 0.29) is 22.8 Å². The van der Waals surface area contributed by atoms with Gasteiger partial charge < -0.3 is 14.5 Å². The fourth-order valence-electron chi connectivity index (χ4n) is 3.58. The van der Waals surface area contributed by atoms with Gasteiger partial charge in [0.05, 0.1) is 12.4 Å². The predicted molar refractivity (Wildman–Crippen MR) is 101 cm³/mol. The minimum absolute atomic E-state index is 0.154. The molecule has 1 aromatic heterocycles. The summed E-state index contributed by atoms with van der Waals surface area (Å²) in [7, 11) is -1.53. The minimum atomic E-state index is -3.09. The smallest absolute Gasteiger partial charge is 0.287 e. The standard InChI is InChI=1S/C19H24N2O5S/c1-25-16-4-2-3-14-11-17(26-18(14)16)19(22)20-12-13-7-9-21(10-8-13)27(23,24)15-5-6-15/h2-4,11,13,15H,5-10,12H2,1H3,(H,20,22). The maximum absolute atomic E-state index is 12.4. The van der Waals surface area contributed by atoms with Crippen LogP contribution in [0.1, 0.15) is 36.2 Å². The van der Waals surface area contributed by atoms with E-state index < -0.39 is 10.0 Å². The third-order valence-electron chi connectivity index (χ3n) is 5.38. The number of nitrogens with one attached hydrogen (secondary N) is 1. The topological polar surface area (TPSA) is 88.9 Å². The Hall–Kier alpha value is -2.06. The molecular formula is C19H24N2O5S. The zero-order valence-electron chi connectivity index (χ0n) is 15.3. The molecule has 7 nitrogen and oxygen atoms in total. The van der Waals surface area contributed by atoms with Crippen LogP contribution >= 0.6 is 0 Å². The average molecular weight is 392 g/mol. The van der Waals surface area contributed by atoms with Crippen LogP contribution in [0.25, 0.3) is 11.0 Å². The van der Waals surface area contributed by atoms with E-state index in [0.717, 1.165) is 31.1 Å². The van der Waals surface area contributed by atoms with Gasteiger partial charge in [-0.3, -0.25) is 4.79 Å². The highest BCUT2D eigenvalue weighted by Gasteiger charge is 2.41. The van der Waals surface area contributed by atoms with E-state index in [1.807, 2.05) is 12.1 Å². The lowest BCUT2D eigenvalue weighted by atomic mass is 9.98. The van der Waals surface area contributed by atoms with Crippen molar-refractivity contribution in [2.24, 2.45) is 5.92 Å². The molecule has 1 aliphatic heterocycles. The Labute approximate surface area is 158 Å². The lowest BCUT2D eigenvalue weighted by Gasteiger charge is -2.31. The van der Waals surface area contributed by atoms with Gasteiger partial charge in [-0.15, -0.1) is 0 Å². The van der Waals surface area contributed by atoms with Crippen LogP contribution in [0, 0.1) is 5.92 Å². The van der Waals surface area contributed by atoms with Crippen LogP contribution in [0.4, 0.5) is 0 Å².